The molecule has 0 saturated heterocycles. The molecule has 0 spiro atoms. The van der Waals surface area contributed by atoms with E-state index in [0.29, 0.717) is 19.7 Å². The maximum Gasteiger partial charge on any atom is 0.320 e. The van der Waals surface area contributed by atoms with Crippen molar-refractivity contribution in [3.05, 3.63) is 45.5 Å². The van der Waals surface area contributed by atoms with Crippen LogP contribution in [0.25, 0.3) is 5.57 Å². The number of hydrogen-bond donors (Lipinski definition) is 0. The molecule has 22 heavy (non-hydrogen) atoms. The molecule has 1 aliphatic heterocycles. The van der Waals surface area contributed by atoms with E-state index >= 15 is 0 Å². The number of rotatable bonds is 5. The molecule has 1 aromatic carbocycles. The lowest BCUT2D eigenvalue weighted by molar-refractivity contribution is -0.384. The van der Waals surface area contributed by atoms with Crippen LogP contribution in [0.1, 0.15) is 24.5 Å². The summed E-state index contributed by atoms with van der Waals surface area (Å²) in [6.45, 7) is 5.84. The molecule has 0 saturated carbocycles. The molecule has 2 rings (SSSR count). The van der Waals surface area contributed by atoms with Gasteiger partial charge in [-0.15, -0.1) is 0 Å². The van der Waals surface area contributed by atoms with E-state index in [1.165, 1.54) is 11.6 Å². The Morgan fingerprint density at radius 1 is 1.45 bits per heavy atom. The van der Waals surface area contributed by atoms with Crippen LogP contribution < -0.4 is 0 Å². The van der Waals surface area contributed by atoms with Crippen molar-refractivity contribution in [2.75, 3.05) is 26.2 Å². The summed E-state index contributed by atoms with van der Waals surface area (Å²) >= 11 is 0. The molecule has 0 N–H and O–H groups in total. The summed E-state index contributed by atoms with van der Waals surface area (Å²) in [5, 5.41) is 10.8. The van der Waals surface area contributed by atoms with Gasteiger partial charge in [-0.05, 0) is 43.0 Å². The van der Waals surface area contributed by atoms with Crippen molar-refractivity contribution in [1.29, 1.82) is 0 Å². The highest BCUT2D eigenvalue weighted by molar-refractivity contribution is 5.73. The number of carbonyl (C=O) groups excluding carboxylic acids is 1. The lowest BCUT2D eigenvalue weighted by atomic mass is 9.95. The van der Waals surface area contributed by atoms with Crippen molar-refractivity contribution in [2.24, 2.45) is 0 Å². The summed E-state index contributed by atoms with van der Waals surface area (Å²) in [4.78, 5) is 23.9. The van der Waals surface area contributed by atoms with E-state index in [0.717, 1.165) is 24.1 Å². The van der Waals surface area contributed by atoms with Crippen molar-refractivity contribution < 1.29 is 14.5 Å². The van der Waals surface area contributed by atoms with Gasteiger partial charge in [0.05, 0.1) is 18.1 Å². The molecule has 0 amide bonds. The molecular weight excluding hydrogens is 284 g/mol. The number of esters is 1. The first-order chi connectivity index (χ1) is 10.5. The second kappa shape index (κ2) is 7.17. The van der Waals surface area contributed by atoms with Gasteiger partial charge in [0.1, 0.15) is 0 Å². The topological polar surface area (TPSA) is 72.7 Å². The molecule has 1 heterocycles. The Hall–Kier alpha value is -2.21. The zero-order chi connectivity index (χ0) is 16.1. The molecule has 0 fully saturated rings. The second-order valence-electron chi connectivity index (χ2n) is 5.28. The highest BCUT2D eigenvalue weighted by atomic mass is 16.6. The first-order valence-corrected chi connectivity index (χ1v) is 7.33. The molecule has 0 atom stereocenters. The third-order valence-corrected chi connectivity index (χ3v) is 3.72. The van der Waals surface area contributed by atoms with Crippen molar-refractivity contribution in [1.82, 2.24) is 4.90 Å². The SMILES string of the molecule is CCOC(=O)CN1CC=C(c2ccc([N+](=O)[O-])cc2C)CC1. The zero-order valence-corrected chi connectivity index (χ0v) is 12.9. The number of carbonyl (C=O) groups is 1. The van der Waals surface area contributed by atoms with Crippen LogP contribution in [0.15, 0.2) is 24.3 Å². The van der Waals surface area contributed by atoms with E-state index in [9.17, 15) is 14.9 Å². The van der Waals surface area contributed by atoms with Gasteiger partial charge in [-0.1, -0.05) is 6.08 Å². The Labute approximate surface area is 129 Å². The fraction of sp³-hybridized carbons (Fsp3) is 0.438. The first-order valence-electron chi connectivity index (χ1n) is 7.33. The van der Waals surface area contributed by atoms with Gasteiger partial charge in [-0.3, -0.25) is 19.8 Å². The summed E-state index contributed by atoms with van der Waals surface area (Å²) < 4.78 is 4.95. The lowest BCUT2D eigenvalue weighted by Crippen LogP contribution is -2.34. The highest BCUT2D eigenvalue weighted by Gasteiger charge is 2.18. The van der Waals surface area contributed by atoms with E-state index in [1.54, 1.807) is 19.1 Å². The van der Waals surface area contributed by atoms with Crippen LogP contribution >= 0.6 is 0 Å². The number of benzene rings is 1. The van der Waals surface area contributed by atoms with E-state index in [2.05, 4.69) is 6.08 Å². The van der Waals surface area contributed by atoms with Gasteiger partial charge in [0.2, 0.25) is 0 Å². The first kappa shape index (κ1) is 16.2. The van der Waals surface area contributed by atoms with E-state index in [1.807, 2.05) is 11.8 Å². The summed E-state index contributed by atoms with van der Waals surface area (Å²) in [5.74, 6) is -0.203. The van der Waals surface area contributed by atoms with Gasteiger partial charge in [0.25, 0.3) is 5.69 Å². The number of nitro groups is 1. The number of ether oxygens (including phenoxy) is 1. The highest BCUT2D eigenvalue weighted by Crippen LogP contribution is 2.27. The molecule has 1 aliphatic rings. The van der Waals surface area contributed by atoms with Crippen molar-refractivity contribution in [3.8, 4) is 0 Å². The molecule has 1 aromatic rings. The number of nitro benzene ring substituents is 1. The molecule has 6 heteroatoms. The third-order valence-electron chi connectivity index (χ3n) is 3.72. The second-order valence-corrected chi connectivity index (χ2v) is 5.28. The van der Waals surface area contributed by atoms with Crippen LogP contribution in [-0.2, 0) is 9.53 Å². The largest absolute Gasteiger partial charge is 0.465 e. The maximum absolute atomic E-state index is 11.5. The van der Waals surface area contributed by atoms with Crippen LogP contribution in [0.4, 0.5) is 5.69 Å². The van der Waals surface area contributed by atoms with Crippen molar-refractivity contribution in [2.45, 2.75) is 20.3 Å². The summed E-state index contributed by atoms with van der Waals surface area (Å²) in [7, 11) is 0. The molecule has 118 valence electrons. The number of nitrogens with zero attached hydrogens (tertiary/aromatic N) is 2. The van der Waals surface area contributed by atoms with Crippen molar-refractivity contribution >= 4 is 17.2 Å². The quantitative estimate of drug-likeness (QED) is 0.475. The Balaban J connectivity index is 2.05. The molecule has 0 aromatic heterocycles. The predicted octanol–water partition coefficient (Wildman–Crippen LogP) is 2.56. The normalized spacial score (nSPS) is 15.3. The summed E-state index contributed by atoms with van der Waals surface area (Å²) in [6, 6.07) is 4.94. The summed E-state index contributed by atoms with van der Waals surface area (Å²) in [6.07, 6.45) is 2.90. The molecule has 0 aliphatic carbocycles. The smallest absolute Gasteiger partial charge is 0.320 e. The van der Waals surface area contributed by atoms with E-state index in [-0.39, 0.29) is 16.6 Å². The van der Waals surface area contributed by atoms with Crippen LogP contribution in [0, 0.1) is 17.0 Å². The van der Waals surface area contributed by atoms with Crippen LogP contribution in [0.2, 0.25) is 0 Å². The molecule has 0 bridgehead atoms. The number of aryl methyl sites for hydroxylation is 1. The predicted molar refractivity (Wildman–Crippen MR) is 83.5 cm³/mol. The average molecular weight is 304 g/mol. The lowest BCUT2D eigenvalue weighted by Gasteiger charge is -2.26. The minimum absolute atomic E-state index is 0.113. The van der Waals surface area contributed by atoms with Crippen LogP contribution in [0.5, 0.6) is 0 Å². The fourth-order valence-corrected chi connectivity index (χ4v) is 2.61. The molecule has 0 unspecified atom stereocenters. The van der Waals surface area contributed by atoms with Gasteiger partial charge >= 0.3 is 5.97 Å². The van der Waals surface area contributed by atoms with Gasteiger partial charge in [-0.25, -0.2) is 0 Å². The number of non-ortho nitro benzene ring substituents is 1. The Morgan fingerprint density at radius 2 is 2.23 bits per heavy atom. The Bertz CT molecular complexity index is 610. The maximum atomic E-state index is 11.5. The molecule has 0 radical (unpaired) electrons. The molecule has 6 nitrogen and oxygen atoms in total. The van der Waals surface area contributed by atoms with Gasteiger partial charge in [0, 0.05) is 25.2 Å². The third kappa shape index (κ3) is 3.92. The van der Waals surface area contributed by atoms with Crippen LogP contribution in [-0.4, -0.2) is 42.0 Å². The monoisotopic (exact) mass is 304 g/mol. The average Bonchev–Trinajstić information content (AvgIpc) is 2.48. The van der Waals surface area contributed by atoms with Gasteiger partial charge < -0.3 is 4.74 Å². The summed E-state index contributed by atoms with van der Waals surface area (Å²) in [5.41, 5.74) is 3.23. The van der Waals surface area contributed by atoms with Crippen molar-refractivity contribution in [3.63, 3.8) is 0 Å². The molecular formula is C16H20N2O4. The minimum atomic E-state index is -0.382. The van der Waals surface area contributed by atoms with Gasteiger partial charge in [-0.2, -0.15) is 0 Å². The number of hydrogen-bond acceptors (Lipinski definition) is 5. The van der Waals surface area contributed by atoms with Crippen LogP contribution in [0.3, 0.4) is 0 Å². The Kier molecular flexibility index (Phi) is 5.27. The fourth-order valence-electron chi connectivity index (χ4n) is 2.61. The zero-order valence-electron chi connectivity index (χ0n) is 12.9. The van der Waals surface area contributed by atoms with E-state index in [4.69, 9.17) is 4.74 Å². The van der Waals surface area contributed by atoms with Gasteiger partial charge in [0.15, 0.2) is 0 Å². The standard InChI is InChI=1S/C16H20N2O4/c1-3-22-16(19)11-17-8-6-13(7-9-17)15-5-4-14(18(20)21)10-12(15)2/h4-6,10H,3,7-9,11H2,1-2H3. The Morgan fingerprint density at radius 3 is 2.77 bits per heavy atom. The minimum Gasteiger partial charge on any atom is -0.465 e. The van der Waals surface area contributed by atoms with E-state index < -0.39 is 0 Å².